The fourth-order valence-corrected chi connectivity index (χ4v) is 5.57. The highest BCUT2D eigenvalue weighted by molar-refractivity contribution is 7.15. The van der Waals surface area contributed by atoms with Gasteiger partial charge in [0.25, 0.3) is 5.88 Å². The fraction of sp³-hybridized carbons (Fsp3) is 0.391. The van der Waals surface area contributed by atoms with E-state index in [-0.39, 0.29) is 5.95 Å². The zero-order chi connectivity index (χ0) is 24.0. The van der Waals surface area contributed by atoms with Gasteiger partial charge in [-0.2, -0.15) is 9.37 Å². The van der Waals surface area contributed by atoms with E-state index in [4.69, 9.17) is 0 Å². The smallest absolute Gasteiger partial charge is 0.307 e. The van der Waals surface area contributed by atoms with Crippen molar-refractivity contribution in [2.24, 2.45) is 11.3 Å². The van der Waals surface area contributed by atoms with Gasteiger partial charge in [-0.15, -0.1) is 11.3 Å². The molecule has 1 aromatic carbocycles. The Morgan fingerprint density at radius 2 is 2.00 bits per heavy atom. The number of carbonyl (C=O) groups is 1. The van der Waals surface area contributed by atoms with Crippen LogP contribution < -0.4 is 5.32 Å². The number of thiazole rings is 1. The van der Waals surface area contributed by atoms with Gasteiger partial charge in [-0.1, -0.05) is 19.9 Å². The number of hydrogen-bond donors (Lipinski definition) is 4. The number of hydrogen-bond acceptors (Lipinski definition) is 8. The third-order valence-electron chi connectivity index (χ3n) is 6.08. The van der Waals surface area contributed by atoms with E-state index < -0.39 is 34.6 Å². The van der Waals surface area contributed by atoms with Crippen molar-refractivity contribution in [2.45, 2.75) is 45.6 Å². The predicted octanol–water partition coefficient (Wildman–Crippen LogP) is 4.60. The number of benzene rings is 1. The fourth-order valence-electron chi connectivity index (χ4n) is 4.55. The standard InChI is InChI=1S/C23H25FN4O4S/c1-12-6-13(8-14(7-12)27-21-26-9-16(24)18(29)28-21)17-10-25-20(33-17)23(32)5-4-15(19(30)31)22(2,3)11-23/h6-10,15,32H,4-5,11H2,1-3H3,(H,30,31)(H2,26,27,28,29). The molecule has 0 saturated heterocycles. The van der Waals surface area contributed by atoms with Gasteiger partial charge in [-0.25, -0.2) is 9.97 Å². The van der Waals surface area contributed by atoms with Crippen LogP contribution in [0.1, 0.15) is 43.7 Å². The van der Waals surface area contributed by atoms with Crippen molar-refractivity contribution < 1.29 is 24.5 Å². The van der Waals surface area contributed by atoms with Gasteiger partial charge in [0.15, 0.2) is 0 Å². The Hall–Kier alpha value is -3.11. The maximum Gasteiger partial charge on any atom is 0.307 e. The molecule has 174 valence electrons. The van der Waals surface area contributed by atoms with Crippen LogP contribution in [0.5, 0.6) is 5.88 Å². The normalized spacial score (nSPS) is 22.2. The van der Waals surface area contributed by atoms with Crippen LogP contribution in [0.2, 0.25) is 0 Å². The summed E-state index contributed by atoms with van der Waals surface area (Å²) in [6, 6.07) is 5.68. The lowest BCUT2D eigenvalue weighted by Crippen LogP contribution is -2.44. The highest BCUT2D eigenvalue weighted by Crippen LogP contribution is 2.50. The zero-order valence-electron chi connectivity index (χ0n) is 18.5. The first-order chi connectivity index (χ1) is 15.5. The number of carboxylic acids is 1. The molecule has 0 amide bonds. The van der Waals surface area contributed by atoms with Crippen molar-refractivity contribution in [1.82, 2.24) is 15.0 Å². The lowest BCUT2D eigenvalue weighted by atomic mass is 9.63. The van der Waals surface area contributed by atoms with Crippen molar-refractivity contribution in [3.63, 3.8) is 0 Å². The van der Waals surface area contributed by atoms with E-state index in [0.29, 0.717) is 30.0 Å². The van der Waals surface area contributed by atoms with E-state index in [1.165, 1.54) is 11.3 Å². The summed E-state index contributed by atoms with van der Waals surface area (Å²) < 4.78 is 13.2. The van der Waals surface area contributed by atoms with E-state index in [1.54, 1.807) is 6.20 Å². The second-order valence-electron chi connectivity index (χ2n) is 9.23. The first kappa shape index (κ1) is 23.1. The van der Waals surface area contributed by atoms with Crippen LogP contribution in [0.25, 0.3) is 10.4 Å². The summed E-state index contributed by atoms with van der Waals surface area (Å²) in [5, 5.41) is 33.9. The second-order valence-corrected chi connectivity index (χ2v) is 10.3. The number of aromatic nitrogens is 3. The molecular weight excluding hydrogens is 447 g/mol. The van der Waals surface area contributed by atoms with Gasteiger partial charge >= 0.3 is 5.97 Å². The third-order valence-corrected chi connectivity index (χ3v) is 7.32. The molecule has 33 heavy (non-hydrogen) atoms. The SMILES string of the molecule is Cc1cc(Nc2ncc(F)c(O)n2)cc(-c2cnc(C3(O)CCC(C(=O)O)C(C)(C)C3)s2)c1. The minimum absolute atomic E-state index is 0.0576. The molecule has 4 rings (SSSR count). The summed E-state index contributed by atoms with van der Waals surface area (Å²) in [4.78, 5) is 24.4. The topological polar surface area (TPSA) is 128 Å². The van der Waals surface area contributed by atoms with E-state index >= 15 is 0 Å². The average molecular weight is 473 g/mol. The molecular formula is C23H25FN4O4S. The quantitative estimate of drug-likeness (QED) is 0.424. The number of aromatic hydroxyl groups is 1. The van der Waals surface area contributed by atoms with E-state index in [1.807, 2.05) is 39.0 Å². The van der Waals surface area contributed by atoms with Crippen molar-refractivity contribution in [3.05, 3.63) is 47.0 Å². The molecule has 0 spiro atoms. The molecule has 2 heterocycles. The summed E-state index contributed by atoms with van der Waals surface area (Å²) >= 11 is 1.37. The van der Waals surface area contributed by atoms with Gasteiger partial charge in [0.05, 0.1) is 17.0 Å². The molecule has 2 atom stereocenters. The summed E-state index contributed by atoms with van der Waals surface area (Å²) in [6.07, 6.45) is 3.63. The van der Waals surface area contributed by atoms with Crippen LogP contribution in [-0.4, -0.2) is 36.2 Å². The summed E-state index contributed by atoms with van der Waals surface area (Å²) in [7, 11) is 0. The first-order valence-electron chi connectivity index (χ1n) is 10.5. The lowest BCUT2D eigenvalue weighted by molar-refractivity contribution is -0.154. The Bertz CT molecular complexity index is 1210. The average Bonchev–Trinajstić information content (AvgIpc) is 3.20. The van der Waals surface area contributed by atoms with Gasteiger partial charge in [0.1, 0.15) is 10.6 Å². The summed E-state index contributed by atoms with van der Waals surface area (Å²) in [6.45, 7) is 5.67. The van der Waals surface area contributed by atoms with Gasteiger partial charge in [-0.05, 0) is 54.9 Å². The molecule has 2 unspecified atom stereocenters. The van der Waals surface area contributed by atoms with Crippen molar-refractivity contribution in [1.29, 1.82) is 0 Å². The van der Waals surface area contributed by atoms with Crippen LogP contribution >= 0.6 is 11.3 Å². The number of halogens is 1. The lowest BCUT2D eigenvalue weighted by Gasteiger charge is -2.44. The van der Waals surface area contributed by atoms with Crippen molar-refractivity contribution in [2.75, 3.05) is 5.32 Å². The summed E-state index contributed by atoms with van der Waals surface area (Å²) in [5.41, 5.74) is 0.703. The first-order valence-corrected chi connectivity index (χ1v) is 11.3. The molecule has 8 nitrogen and oxygen atoms in total. The zero-order valence-corrected chi connectivity index (χ0v) is 19.3. The monoisotopic (exact) mass is 472 g/mol. The Morgan fingerprint density at radius 1 is 1.24 bits per heavy atom. The van der Waals surface area contributed by atoms with Crippen LogP contribution in [-0.2, 0) is 10.4 Å². The van der Waals surface area contributed by atoms with Gasteiger partial charge < -0.3 is 20.6 Å². The number of aliphatic carboxylic acids is 1. The minimum Gasteiger partial charge on any atom is -0.491 e. The molecule has 4 N–H and O–H groups in total. The summed E-state index contributed by atoms with van der Waals surface area (Å²) in [5.74, 6) is -2.92. The van der Waals surface area contributed by atoms with Gasteiger partial charge in [0.2, 0.25) is 11.8 Å². The molecule has 0 bridgehead atoms. The number of nitrogens with zero attached hydrogens (tertiary/aromatic N) is 3. The van der Waals surface area contributed by atoms with E-state index in [2.05, 4.69) is 20.3 Å². The Kier molecular flexibility index (Phi) is 5.83. The van der Waals surface area contributed by atoms with E-state index in [9.17, 15) is 24.5 Å². The van der Waals surface area contributed by atoms with Crippen LogP contribution in [0.3, 0.4) is 0 Å². The number of aliphatic hydroxyl groups is 1. The Labute approximate surface area is 194 Å². The largest absolute Gasteiger partial charge is 0.491 e. The van der Waals surface area contributed by atoms with Crippen LogP contribution in [0.15, 0.2) is 30.6 Å². The number of nitrogens with one attached hydrogen (secondary N) is 1. The minimum atomic E-state index is -1.18. The maximum atomic E-state index is 13.2. The second kappa shape index (κ2) is 8.35. The number of aryl methyl sites for hydroxylation is 1. The number of rotatable bonds is 5. The van der Waals surface area contributed by atoms with Gasteiger partial charge in [0, 0.05) is 11.9 Å². The Morgan fingerprint density at radius 3 is 2.67 bits per heavy atom. The molecule has 0 radical (unpaired) electrons. The molecule has 1 saturated carbocycles. The third kappa shape index (κ3) is 4.67. The molecule has 2 aromatic heterocycles. The molecule has 1 fully saturated rings. The maximum absolute atomic E-state index is 13.2. The van der Waals surface area contributed by atoms with Crippen molar-refractivity contribution in [3.8, 4) is 16.3 Å². The predicted molar refractivity (Wildman–Crippen MR) is 122 cm³/mol. The highest BCUT2D eigenvalue weighted by atomic mass is 32.1. The molecule has 3 aromatic rings. The number of carboxylic acid groups (broad SMARTS) is 1. The Balaban J connectivity index is 1.59. The molecule has 1 aliphatic rings. The highest BCUT2D eigenvalue weighted by Gasteiger charge is 2.49. The van der Waals surface area contributed by atoms with Crippen LogP contribution in [0.4, 0.5) is 16.0 Å². The molecule has 1 aliphatic carbocycles. The number of anilines is 2. The van der Waals surface area contributed by atoms with E-state index in [0.717, 1.165) is 22.2 Å². The van der Waals surface area contributed by atoms with Crippen molar-refractivity contribution >= 4 is 28.9 Å². The molecule has 0 aliphatic heterocycles. The van der Waals surface area contributed by atoms with Gasteiger partial charge in [-0.3, -0.25) is 4.79 Å². The molecule has 10 heteroatoms. The van der Waals surface area contributed by atoms with Crippen LogP contribution in [0, 0.1) is 24.1 Å².